The van der Waals surface area contributed by atoms with Gasteiger partial charge in [0.25, 0.3) is 11.8 Å². The molecule has 8 nitrogen and oxygen atoms in total. The van der Waals surface area contributed by atoms with Crippen molar-refractivity contribution in [3.05, 3.63) is 40.3 Å². The highest BCUT2D eigenvalue weighted by molar-refractivity contribution is 6.34. The molecule has 2 aromatic rings. The van der Waals surface area contributed by atoms with Gasteiger partial charge in [-0.3, -0.25) is 14.7 Å². The number of carbonyl (C=O) groups excluding carboxylic acids is 2. The molecule has 0 atom stereocenters. The highest BCUT2D eigenvalue weighted by Crippen LogP contribution is 2.20. The van der Waals surface area contributed by atoms with E-state index < -0.39 is 0 Å². The van der Waals surface area contributed by atoms with Gasteiger partial charge < -0.3 is 14.5 Å². The van der Waals surface area contributed by atoms with Crippen molar-refractivity contribution in [1.82, 2.24) is 25.0 Å². The van der Waals surface area contributed by atoms with Gasteiger partial charge in [0, 0.05) is 38.4 Å². The number of amides is 2. The van der Waals surface area contributed by atoms with Crippen molar-refractivity contribution in [2.45, 2.75) is 13.3 Å². The number of pyridine rings is 1. The molecule has 1 aliphatic rings. The Bertz CT molecular complexity index is 805. The number of ether oxygens (including phenoxy) is 1. The molecule has 0 aliphatic carbocycles. The summed E-state index contributed by atoms with van der Waals surface area (Å²) in [5, 5.41) is 7.05. The van der Waals surface area contributed by atoms with Gasteiger partial charge in [-0.05, 0) is 19.4 Å². The smallest absolute Gasteiger partial charge is 0.275 e. The summed E-state index contributed by atoms with van der Waals surface area (Å²) in [6.45, 7) is 3.75. The summed E-state index contributed by atoms with van der Waals surface area (Å²) in [5.41, 5.74) is 1.38. The summed E-state index contributed by atoms with van der Waals surface area (Å²) >= 11 is 6.12. The predicted molar refractivity (Wildman–Crippen MR) is 95.5 cm³/mol. The number of rotatable bonds is 3. The van der Waals surface area contributed by atoms with Gasteiger partial charge in [0.1, 0.15) is 0 Å². The maximum Gasteiger partial charge on any atom is 0.275 e. The van der Waals surface area contributed by atoms with E-state index in [9.17, 15) is 9.59 Å². The van der Waals surface area contributed by atoms with Crippen LogP contribution in [0.5, 0.6) is 5.88 Å². The SMILES string of the molecule is COc1ccc(C(=O)N2CCCN(C(=O)c3n[nH]c(C)c3Cl)CC2)cn1. The standard InChI is InChI=1S/C17H20ClN5O3/c1-11-14(18)15(21-20-11)17(25)23-7-3-6-22(8-9-23)16(24)12-4-5-13(26-2)19-10-12/h4-5,10H,3,6-9H2,1-2H3,(H,20,21). The molecule has 1 aliphatic heterocycles. The van der Waals surface area contributed by atoms with Crippen LogP contribution in [-0.2, 0) is 0 Å². The number of aromatic amines is 1. The summed E-state index contributed by atoms with van der Waals surface area (Å²) in [7, 11) is 1.53. The molecular weight excluding hydrogens is 358 g/mol. The first-order valence-electron chi connectivity index (χ1n) is 8.30. The Morgan fingerprint density at radius 2 is 1.85 bits per heavy atom. The zero-order valence-electron chi connectivity index (χ0n) is 14.7. The third-order valence-corrected chi connectivity index (χ3v) is 4.80. The number of nitrogens with zero attached hydrogens (tertiary/aromatic N) is 4. The average molecular weight is 378 g/mol. The molecule has 0 unspecified atom stereocenters. The Morgan fingerprint density at radius 1 is 1.15 bits per heavy atom. The van der Waals surface area contributed by atoms with Crippen molar-refractivity contribution in [2.24, 2.45) is 0 Å². The largest absolute Gasteiger partial charge is 0.481 e. The second-order valence-electron chi connectivity index (χ2n) is 6.04. The van der Waals surface area contributed by atoms with E-state index >= 15 is 0 Å². The van der Waals surface area contributed by atoms with Crippen LogP contribution < -0.4 is 4.74 Å². The molecule has 3 heterocycles. The molecule has 3 rings (SSSR count). The fraction of sp³-hybridized carbons (Fsp3) is 0.412. The quantitative estimate of drug-likeness (QED) is 0.880. The van der Waals surface area contributed by atoms with E-state index in [4.69, 9.17) is 16.3 Å². The van der Waals surface area contributed by atoms with Gasteiger partial charge in [-0.15, -0.1) is 0 Å². The van der Waals surface area contributed by atoms with Crippen LogP contribution in [0, 0.1) is 6.92 Å². The number of H-pyrrole nitrogens is 1. The van der Waals surface area contributed by atoms with Crippen molar-refractivity contribution in [2.75, 3.05) is 33.3 Å². The minimum Gasteiger partial charge on any atom is -0.481 e. The fourth-order valence-corrected chi connectivity index (χ4v) is 3.01. The number of aromatic nitrogens is 3. The van der Waals surface area contributed by atoms with Crippen molar-refractivity contribution >= 4 is 23.4 Å². The fourth-order valence-electron chi connectivity index (χ4n) is 2.84. The molecule has 26 heavy (non-hydrogen) atoms. The average Bonchev–Trinajstić information content (AvgIpc) is 2.87. The molecule has 0 bridgehead atoms. The van der Waals surface area contributed by atoms with Crippen LogP contribution in [0.2, 0.25) is 5.02 Å². The van der Waals surface area contributed by atoms with Crippen LogP contribution in [-0.4, -0.2) is 70.1 Å². The molecule has 0 spiro atoms. The van der Waals surface area contributed by atoms with Crippen LogP contribution in [0.4, 0.5) is 0 Å². The Labute approximate surface area is 156 Å². The predicted octanol–water partition coefficient (Wildman–Crippen LogP) is 1.76. The second kappa shape index (κ2) is 7.74. The van der Waals surface area contributed by atoms with Gasteiger partial charge in [-0.25, -0.2) is 4.98 Å². The highest BCUT2D eigenvalue weighted by Gasteiger charge is 2.26. The van der Waals surface area contributed by atoms with E-state index in [1.54, 1.807) is 28.9 Å². The maximum absolute atomic E-state index is 12.7. The number of nitrogens with one attached hydrogen (secondary N) is 1. The lowest BCUT2D eigenvalue weighted by Crippen LogP contribution is -2.37. The third-order valence-electron chi connectivity index (χ3n) is 4.34. The monoisotopic (exact) mass is 377 g/mol. The normalized spacial score (nSPS) is 14.9. The summed E-state index contributed by atoms with van der Waals surface area (Å²) in [6.07, 6.45) is 2.18. The van der Waals surface area contributed by atoms with Crippen LogP contribution in [0.3, 0.4) is 0 Å². The van der Waals surface area contributed by atoms with Crippen molar-refractivity contribution in [3.63, 3.8) is 0 Å². The minimum atomic E-state index is -0.222. The molecule has 2 aromatic heterocycles. The molecule has 0 saturated carbocycles. The molecule has 0 aromatic carbocycles. The van der Waals surface area contributed by atoms with E-state index in [1.165, 1.54) is 13.3 Å². The zero-order chi connectivity index (χ0) is 18.7. The maximum atomic E-state index is 12.7. The summed E-state index contributed by atoms with van der Waals surface area (Å²) in [6, 6.07) is 3.34. The van der Waals surface area contributed by atoms with Crippen LogP contribution in [0.15, 0.2) is 18.3 Å². The molecule has 138 valence electrons. The van der Waals surface area contributed by atoms with E-state index in [0.29, 0.717) is 54.8 Å². The van der Waals surface area contributed by atoms with Gasteiger partial charge in [0.15, 0.2) is 5.69 Å². The number of aryl methyl sites for hydroxylation is 1. The molecule has 1 fully saturated rings. The number of carbonyl (C=O) groups is 2. The first kappa shape index (κ1) is 18.2. The van der Waals surface area contributed by atoms with Crippen molar-refractivity contribution in [3.8, 4) is 5.88 Å². The second-order valence-corrected chi connectivity index (χ2v) is 6.42. The molecular formula is C17H20ClN5O3. The molecule has 2 amide bonds. The summed E-state index contributed by atoms with van der Waals surface area (Å²) in [5.74, 6) is 0.128. The number of halogens is 1. The third kappa shape index (κ3) is 3.65. The summed E-state index contributed by atoms with van der Waals surface area (Å²) in [4.78, 5) is 32.8. The highest BCUT2D eigenvalue weighted by atomic mass is 35.5. The Kier molecular flexibility index (Phi) is 5.41. The Hall–Kier alpha value is -2.61. The Balaban J connectivity index is 1.66. The van der Waals surface area contributed by atoms with Gasteiger partial charge in [-0.1, -0.05) is 11.6 Å². The van der Waals surface area contributed by atoms with E-state index in [-0.39, 0.29) is 17.5 Å². The Morgan fingerprint density at radius 3 is 2.38 bits per heavy atom. The first-order valence-corrected chi connectivity index (χ1v) is 8.68. The van der Waals surface area contributed by atoms with E-state index in [2.05, 4.69) is 15.2 Å². The topological polar surface area (TPSA) is 91.4 Å². The van der Waals surface area contributed by atoms with Crippen LogP contribution in [0.1, 0.15) is 33.0 Å². The molecule has 1 saturated heterocycles. The lowest BCUT2D eigenvalue weighted by atomic mass is 10.2. The number of hydrogen-bond donors (Lipinski definition) is 1. The molecule has 1 N–H and O–H groups in total. The lowest BCUT2D eigenvalue weighted by molar-refractivity contribution is 0.0715. The lowest BCUT2D eigenvalue weighted by Gasteiger charge is -2.21. The van der Waals surface area contributed by atoms with Crippen LogP contribution in [0.25, 0.3) is 0 Å². The minimum absolute atomic E-state index is 0.108. The first-order chi connectivity index (χ1) is 12.5. The van der Waals surface area contributed by atoms with Gasteiger partial charge >= 0.3 is 0 Å². The molecule has 0 radical (unpaired) electrons. The van der Waals surface area contributed by atoms with Gasteiger partial charge in [-0.2, -0.15) is 5.10 Å². The summed E-state index contributed by atoms with van der Waals surface area (Å²) < 4.78 is 5.01. The number of hydrogen-bond acceptors (Lipinski definition) is 5. The zero-order valence-corrected chi connectivity index (χ0v) is 15.4. The molecule has 9 heteroatoms. The number of methoxy groups -OCH3 is 1. The van der Waals surface area contributed by atoms with E-state index in [0.717, 1.165) is 0 Å². The van der Waals surface area contributed by atoms with Crippen molar-refractivity contribution in [1.29, 1.82) is 0 Å². The van der Waals surface area contributed by atoms with Gasteiger partial charge in [0.05, 0.1) is 23.4 Å². The van der Waals surface area contributed by atoms with Gasteiger partial charge in [0.2, 0.25) is 5.88 Å². The van der Waals surface area contributed by atoms with Crippen LogP contribution >= 0.6 is 11.6 Å². The van der Waals surface area contributed by atoms with E-state index in [1.807, 2.05) is 0 Å². The van der Waals surface area contributed by atoms with Crippen molar-refractivity contribution < 1.29 is 14.3 Å².